The fourth-order valence-corrected chi connectivity index (χ4v) is 5.30. The van der Waals surface area contributed by atoms with Gasteiger partial charge in [0.15, 0.2) is 0 Å². The quantitative estimate of drug-likeness (QED) is 0.517. The predicted molar refractivity (Wildman–Crippen MR) is 140 cm³/mol. The third-order valence-corrected chi connectivity index (χ3v) is 7.01. The molecule has 0 aliphatic carbocycles. The number of ether oxygens (including phenoxy) is 2. The van der Waals surface area contributed by atoms with E-state index in [9.17, 15) is 14.4 Å². The molecule has 2 aromatic rings. The van der Waals surface area contributed by atoms with Crippen molar-refractivity contribution in [2.24, 2.45) is 0 Å². The molecule has 0 unspecified atom stereocenters. The van der Waals surface area contributed by atoms with Crippen LogP contribution in [-0.4, -0.2) is 77.9 Å². The second-order valence-electron chi connectivity index (χ2n) is 9.59. The Hall–Kier alpha value is -3.55. The van der Waals surface area contributed by atoms with Crippen molar-refractivity contribution in [3.8, 4) is 11.5 Å². The fraction of sp³-hybridized carbons (Fsp3) is 0.483. The first-order chi connectivity index (χ1) is 17.9. The smallest absolute Gasteiger partial charge is 0.254 e. The van der Waals surface area contributed by atoms with Crippen LogP contribution in [0.2, 0.25) is 0 Å². The van der Waals surface area contributed by atoms with Gasteiger partial charge in [-0.25, -0.2) is 0 Å². The highest BCUT2D eigenvalue weighted by molar-refractivity contribution is 5.99. The average molecular weight is 508 g/mol. The first-order valence-electron chi connectivity index (χ1n) is 13.2. The van der Waals surface area contributed by atoms with Crippen molar-refractivity contribution in [1.29, 1.82) is 0 Å². The van der Waals surface area contributed by atoms with Crippen LogP contribution in [0.1, 0.15) is 55.5 Å². The Balaban J connectivity index is 1.49. The molecule has 2 aliphatic rings. The first-order valence-corrected chi connectivity index (χ1v) is 13.2. The highest BCUT2D eigenvalue weighted by Gasteiger charge is 2.43. The molecule has 2 fully saturated rings. The van der Waals surface area contributed by atoms with E-state index in [2.05, 4.69) is 0 Å². The summed E-state index contributed by atoms with van der Waals surface area (Å²) in [4.78, 5) is 45.7. The zero-order valence-electron chi connectivity index (χ0n) is 22.0. The van der Waals surface area contributed by atoms with Gasteiger partial charge in [0.25, 0.3) is 5.91 Å². The number of rotatable bonds is 9. The number of hydrogen-bond donors (Lipinski definition) is 0. The third-order valence-electron chi connectivity index (χ3n) is 7.01. The lowest BCUT2D eigenvalue weighted by atomic mass is 10.1. The van der Waals surface area contributed by atoms with Crippen molar-refractivity contribution >= 4 is 17.7 Å². The summed E-state index contributed by atoms with van der Waals surface area (Å²) in [7, 11) is 1.78. The summed E-state index contributed by atoms with van der Waals surface area (Å²) >= 11 is 0. The van der Waals surface area contributed by atoms with Crippen LogP contribution in [0.5, 0.6) is 11.5 Å². The summed E-state index contributed by atoms with van der Waals surface area (Å²) in [5.41, 5.74) is 1.48. The molecule has 0 saturated carbocycles. The van der Waals surface area contributed by atoms with Gasteiger partial charge in [0.1, 0.15) is 23.6 Å². The minimum atomic E-state index is -0.577. The molecule has 3 amide bonds. The Morgan fingerprint density at radius 1 is 0.865 bits per heavy atom. The van der Waals surface area contributed by atoms with Gasteiger partial charge in [-0.3, -0.25) is 14.4 Å². The topological polar surface area (TPSA) is 79.4 Å². The van der Waals surface area contributed by atoms with Crippen LogP contribution in [0.3, 0.4) is 0 Å². The number of likely N-dealkylation sites (tertiary alicyclic amines) is 2. The zero-order valence-corrected chi connectivity index (χ0v) is 22.0. The van der Waals surface area contributed by atoms with E-state index in [1.807, 2.05) is 44.2 Å². The number of carbonyl (C=O) groups is 3. The minimum absolute atomic E-state index is 0.0589. The number of likely N-dealkylation sites (N-methyl/N-ethyl adjacent to an activating group) is 1. The van der Waals surface area contributed by atoms with Crippen molar-refractivity contribution in [1.82, 2.24) is 14.7 Å². The van der Waals surface area contributed by atoms with E-state index in [1.54, 1.807) is 39.9 Å². The maximum absolute atomic E-state index is 13.7. The molecule has 2 aliphatic heterocycles. The van der Waals surface area contributed by atoms with Crippen LogP contribution >= 0.6 is 0 Å². The van der Waals surface area contributed by atoms with Crippen LogP contribution in [0.4, 0.5) is 0 Å². The van der Waals surface area contributed by atoms with E-state index in [-0.39, 0.29) is 17.7 Å². The van der Waals surface area contributed by atoms with Crippen LogP contribution in [0.15, 0.2) is 48.5 Å². The molecule has 0 radical (unpaired) electrons. The van der Waals surface area contributed by atoms with Crippen molar-refractivity contribution in [3.63, 3.8) is 0 Å². The van der Waals surface area contributed by atoms with Crippen molar-refractivity contribution in [2.45, 2.75) is 58.2 Å². The largest absolute Gasteiger partial charge is 0.494 e. The number of benzene rings is 2. The molecule has 8 nitrogen and oxygen atoms in total. The number of hydrogen-bond acceptors (Lipinski definition) is 5. The SMILES string of the molecule is CCOc1cc(OCC)cc(C(=O)N2CCC[C@H]2C(=O)N2CCC[C@H]2C(=O)N(C)Cc2ccccc2)c1. The van der Waals surface area contributed by atoms with E-state index < -0.39 is 12.1 Å². The number of nitrogens with zero attached hydrogens (tertiary/aromatic N) is 3. The van der Waals surface area contributed by atoms with Gasteiger partial charge in [-0.15, -0.1) is 0 Å². The Labute approximate surface area is 219 Å². The summed E-state index contributed by atoms with van der Waals surface area (Å²) in [6.07, 6.45) is 2.74. The third kappa shape index (κ3) is 6.06. The maximum atomic E-state index is 13.7. The first kappa shape index (κ1) is 26.5. The molecule has 37 heavy (non-hydrogen) atoms. The molecule has 2 saturated heterocycles. The van der Waals surface area contributed by atoms with E-state index in [0.717, 1.165) is 18.4 Å². The molecule has 8 heteroatoms. The van der Waals surface area contributed by atoms with E-state index >= 15 is 0 Å². The molecule has 198 valence electrons. The standard InChI is InChI=1S/C29H37N3O5/c1-4-36-23-17-22(18-24(19-23)37-5-2)27(33)31-15-10-14-26(31)29(35)32-16-9-13-25(32)28(34)30(3)20-21-11-7-6-8-12-21/h6-8,11-12,17-19,25-26H,4-5,9-10,13-16,20H2,1-3H3/t25-,26-/m0/s1. The monoisotopic (exact) mass is 507 g/mol. The van der Waals surface area contributed by atoms with E-state index in [4.69, 9.17) is 9.47 Å². The average Bonchev–Trinajstić information content (AvgIpc) is 3.59. The molecule has 0 spiro atoms. The molecule has 2 heterocycles. The lowest BCUT2D eigenvalue weighted by molar-refractivity contribution is -0.145. The van der Waals surface area contributed by atoms with Gasteiger partial charge in [-0.05, 0) is 57.2 Å². The summed E-state index contributed by atoms with van der Waals surface area (Å²) in [5, 5.41) is 0. The summed E-state index contributed by atoms with van der Waals surface area (Å²) in [6, 6.07) is 13.9. The summed E-state index contributed by atoms with van der Waals surface area (Å²) in [6.45, 7) is 6.22. The molecular formula is C29H37N3O5. The van der Waals surface area contributed by atoms with Gasteiger partial charge < -0.3 is 24.2 Å². The van der Waals surface area contributed by atoms with Gasteiger partial charge >= 0.3 is 0 Å². The number of carbonyl (C=O) groups excluding carboxylic acids is 3. The second-order valence-corrected chi connectivity index (χ2v) is 9.59. The van der Waals surface area contributed by atoms with E-state index in [0.29, 0.717) is 62.8 Å². The molecule has 2 atom stereocenters. The summed E-state index contributed by atoms with van der Waals surface area (Å²) < 4.78 is 11.3. The van der Waals surface area contributed by atoms with Crippen LogP contribution in [-0.2, 0) is 16.1 Å². The Morgan fingerprint density at radius 2 is 1.46 bits per heavy atom. The summed E-state index contributed by atoms with van der Waals surface area (Å²) in [5.74, 6) is 0.704. The maximum Gasteiger partial charge on any atom is 0.254 e. The van der Waals surface area contributed by atoms with Crippen LogP contribution in [0, 0.1) is 0 Å². The molecule has 0 bridgehead atoms. The Bertz CT molecular complexity index is 1080. The molecular weight excluding hydrogens is 470 g/mol. The van der Waals surface area contributed by atoms with Gasteiger partial charge in [-0.1, -0.05) is 30.3 Å². The van der Waals surface area contributed by atoms with Gasteiger partial charge in [-0.2, -0.15) is 0 Å². The van der Waals surface area contributed by atoms with Gasteiger partial charge in [0, 0.05) is 38.3 Å². The highest BCUT2D eigenvalue weighted by Crippen LogP contribution is 2.29. The van der Waals surface area contributed by atoms with Crippen molar-refractivity contribution < 1.29 is 23.9 Å². The number of amides is 3. The molecule has 2 aromatic carbocycles. The Morgan fingerprint density at radius 3 is 2.08 bits per heavy atom. The normalized spacial score (nSPS) is 19.1. The minimum Gasteiger partial charge on any atom is -0.494 e. The van der Waals surface area contributed by atoms with Crippen molar-refractivity contribution in [2.75, 3.05) is 33.4 Å². The Kier molecular flexibility index (Phi) is 8.69. The lowest BCUT2D eigenvalue weighted by Gasteiger charge is -2.32. The molecule has 0 aromatic heterocycles. The van der Waals surface area contributed by atoms with Crippen molar-refractivity contribution in [3.05, 3.63) is 59.7 Å². The van der Waals surface area contributed by atoms with Crippen LogP contribution in [0.25, 0.3) is 0 Å². The molecule has 0 N–H and O–H groups in total. The van der Waals surface area contributed by atoms with E-state index in [1.165, 1.54) is 0 Å². The predicted octanol–water partition coefficient (Wildman–Crippen LogP) is 3.74. The second kappa shape index (κ2) is 12.1. The van der Waals surface area contributed by atoms with Gasteiger partial charge in [0.2, 0.25) is 11.8 Å². The molecule has 4 rings (SSSR count). The zero-order chi connectivity index (χ0) is 26.4. The van der Waals surface area contributed by atoms with Crippen LogP contribution < -0.4 is 9.47 Å². The highest BCUT2D eigenvalue weighted by atomic mass is 16.5. The lowest BCUT2D eigenvalue weighted by Crippen LogP contribution is -2.53. The fourth-order valence-electron chi connectivity index (χ4n) is 5.30. The van der Waals surface area contributed by atoms with Gasteiger partial charge in [0.05, 0.1) is 13.2 Å².